The second-order valence-electron chi connectivity index (χ2n) is 3.30. The normalized spacial score (nSPS) is 10.5. The van der Waals surface area contributed by atoms with E-state index in [-0.39, 0.29) is 16.5 Å². The number of benzene rings is 2. The molecule has 0 unspecified atom stereocenters. The maximum atomic E-state index is 10.8. The summed E-state index contributed by atoms with van der Waals surface area (Å²) < 4.78 is 0. The molecule has 4 N–H and O–H groups in total. The average Bonchev–Trinajstić information content (AvgIpc) is 2.19. The highest BCUT2D eigenvalue weighted by atomic mass is 16.4. The molecule has 0 aliphatic heterocycles. The summed E-state index contributed by atoms with van der Waals surface area (Å²) in [6.45, 7) is 0. The van der Waals surface area contributed by atoms with Gasteiger partial charge < -0.3 is 20.4 Å². The number of rotatable bonds is 1. The van der Waals surface area contributed by atoms with Gasteiger partial charge in [-0.1, -0.05) is 12.1 Å². The number of hydrogen-bond donors (Lipinski definition) is 4. The molecule has 2 rings (SSSR count). The van der Waals surface area contributed by atoms with E-state index < -0.39 is 23.0 Å². The van der Waals surface area contributed by atoms with Crippen molar-refractivity contribution in [2.75, 3.05) is 0 Å². The second kappa shape index (κ2) is 3.30. The Kier molecular flexibility index (Phi) is 2.09. The first-order valence-corrected chi connectivity index (χ1v) is 4.42. The van der Waals surface area contributed by atoms with Crippen LogP contribution in [0.4, 0.5) is 0 Å². The maximum Gasteiger partial charge on any atom is 0.343 e. The standard InChI is InChI=1S/C11H8O5/c12-7-3-1-2-5-6(7)4-8(13)9(10(5)14)11(15)16/h1-4,12-14H,(H,15,16). The van der Waals surface area contributed by atoms with Crippen LogP contribution in [0, 0.1) is 0 Å². The quantitative estimate of drug-likeness (QED) is 0.585. The van der Waals surface area contributed by atoms with Crippen LogP contribution < -0.4 is 0 Å². The predicted molar refractivity (Wildman–Crippen MR) is 55.9 cm³/mol. The summed E-state index contributed by atoms with van der Waals surface area (Å²) in [4.78, 5) is 10.8. The van der Waals surface area contributed by atoms with E-state index in [1.54, 1.807) is 0 Å². The first-order valence-electron chi connectivity index (χ1n) is 4.42. The Labute approximate surface area is 89.8 Å². The van der Waals surface area contributed by atoms with Gasteiger partial charge in [0.15, 0.2) is 0 Å². The largest absolute Gasteiger partial charge is 0.507 e. The first kappa shape index (κ1) is 10.1. The van der Waals surface area contributed by atoms with Crippen LogP contribution in [0.3, 0.4) is 0 Å². The molecule has 0 amide bonds. The summed E-state index contributed by atoms with van der Waals surface area (Å²) in [5, 5.41) is 37.8. The van der Waals surface area contributed by atoms with Crippen molar-refractivity contribution in [1.29, 1.82) is 0 Å². The lowest BCUT2D eigenvalue weighted by Crippen LogP contribution is -1.97. The zero-order valence-corrected chi connectivity index (χ0v) is 8.01. The Morgan fingerprint density at radius 1 is 1.00 bits per heavy atom. The van der Waals surface area contributed by atoms with Crippen molar-refractivity contribution in [3.63, 3.8) is 0 Å². The molecule has 0 atom stereocenters. The molecule has 2 aromatic carbocycles. The summed E-state index contributed by atoms with van der Waals surface area (Å²) >= 11 is 0. The van der Waals surface area contributed by atoms with Crippen molar-refractivity contribution >= 4 is 16.7 Å². The van der Waals surface area contributed by atoms with Crippen LogP contribution in [0.25, 0.3) is 10.8 Å². The van der Waals surface area contributed by atoms with Gasteiger partial charge in [-0.25, -0.2) is 4.79 Å². The van der Waals surface area contributed by atoms with Crippen molar-refractivity contribution < 1.29 is 25.2 Å². The van der Waals surface area contributed by atoms with E-state index in [0.717, 1.165) is 6.07 Å². The van der Waals surface area contributed by atoms with Crippen LogP contribution in [0.1, 0.15) is 10.4 Å². The van der Waals surface area contributed by atoms with Gasteiger partial charge in [-0.3, -0.25) is 0 Å². The summed E-state index contributed by atoms with van der Waals surface area (Å²) in [6.07, 6.45) is 0. The lowest BCUT2D eigenvalue weighted by Gasteiger charge is -2.08. The fourth-order valence-corrected chi connectivity index (χ4v) is 1.59. The van der Waals surface area contributed by atoms with E-state index >= 15 is 0 Å². The van der Waals surface area contributed by atoms with Gasteiger partial charge in [0.2, 0.25) is 0 Å². The number of hydrogen-bond acceptors (Lipinski definition) is 4. The molecule has 0 saturated carbocycles. The molecule has 82 valence electrons. The van der Waals surface area contributed by atoms with Crippen molar-refractivity contribution in [2.24, 2.45) is 0 Å². The summed E-state index contributed by atoms with van der Waals surface area (Å²) in [5.74, 6) is -2.71. The third-order valence-electron chi connectivity index (χ3n) is 2.33. The number of fused-ring (bicyclic) bond motifs is 1. The van der Waals surface area contributed by atoms with Gasteiger partial charge in [-0.2, -0.15) is 0 Å². The molecule has 16 heavy (non-hydrogen) atoms. The molecule has 0 spiro atoms. The molecule has 0 bridgehead atoms. The van der Waals surface area contributed by atoms with E-state index in [2.05, 4.69) is 0 Å². The number of aromatic hydroxyl groups is 3. The molecule has 0 aliphatic carbocycles. The molecule has 0 radical (unpaired) electrons. The van der Waals surface area contributed by atoms with E-state index in [1.165, 1.54) is 18.2 Å². The Morgan fingerprint density at radius 3 is 2.31 bits per heavy atom. The van der Waals surface area contributed by atoms with Gasteiger partial charge >= 0.3 is 5.97 Å². The highest BCUT2D eigenvalue weighted by Gasteiger charge is 2.19. The Morgan fingerprint density at radius 2 is 1.69 bits per heavy atom. The summed E-state index contributed by atoms with van der Waals surface area (Å²) in [6, 6.07) is 5.41. The van der Waals surface area contributed by atoms with E-state index in [9.17, 15) is 20.1 Å². The molecule has 5 heteroatoms. The smallest absolute Gasteiger partial charge is 0.343 e. The fourth-order valence-electron chi connectivity index (χ4n) is 1.59. The molecule has 0 saturated heterocycles. The minimum Gasteiger partial charge on any atom is -0.507 e. The van der Waals surface area contributed by atoms with Gasteiger partial charge in [0.25, 0.3) is 0 Å². The molecule has 0 aromatic heterocycles. The lowest BCUT2D eigenvalue weighted by molar-refractivity contribution is 0.0690. The van der Waals surface area contributed by atoms with Crippen LogP contribution in [0.15, 0.2) is 24.3 Å². The van der Waals surface area contributed by atoms with Crippen LogP contribution in [-0.2, 0) is 0 Å². The molecule has 0 heterocycles. The van der Waals surface area contributed by atoms with E-state index in [1.807, 2.05) is 0 Å². The first-order chi connectivity index (χ1) is 7.52. The molecule has 0 aliphatic rings. The topological polar surface area (TPSA) is 98.0 Å². The van der Waals surface area contributed by atoms with Gasteiger partial charge in [0.1, 0.15) is 22.8 Å². The van der Waals surface area contributed by atoms with E-state index in [4.69, 9.17) is 5.11 Å². The van der Waals surface area contributed by atoms with Gasteiger partial charge in [-0.05, 0) is 12.1 Å². The Hall–Kier alpha value is -2.43. The number of phenols is 3. The zero-order valence-electron chi connectivity index (χ0n) is 8.01. The predicted octanol–water partition coefficient (Wildman–Crippen LogP) is 1.65. The van der Waals surface area contributed by atoms with Crippen molar-refractivity contribution in [3.05, 3.63) is 29.8 Å². The summed E-state index contributed by atoms with van der Waals surface area (Å²) in [7, 11) is 0. The lowest BCUT2D eigenvalue weighted by atomic mass is 10.0. The van der Waals surface area contributed by atoms with E-state index in [0.29, 0.717) is 0 Å². The van der Waals surface area contributed by atoms with Gasteiger partial charge in [0.05, 0.1) is 0 Å². The van der Waals surface area contributed by atoms with Crippen LogP contribution in [-0.4, -0.2) is 26.4 Å². The van der Waals surface area contributed by atoms with Crippen LogP contribution in [0.5, 0.6) is 17.2 Å². The van der Waals surface area contributed by atoms with Gasteiger partial charge in [0, 0.05) is 10.8 Å². The number of aromatic carboxylic acids is 1. The number of carbonyl (C=O) groups is 1. The van der Waals surface area contributed by atoms with Crippen molar-refractivity contribution in [2.45, 2.75) is 0 Å². The van der Waals surface area contributed by atoms with Crippen molar-refractivity contribution in [1.82, 2.24) is 0 Å². The molecular weight excluding hydrogens is 212 g/mol. The maximum absolute atomic E-state index is 10.8. The second-order valence-corrected chi connectivity index (χ2v) is 3.30. The number of phenolic OH excluding ortho intramolecular Hbond substituents is 1. The minimum atomic E-state index is -1.43. The third-order valence-corrected chi connectivity index (χ3v) is 2.33. The molecular formula is C11H8O5. The SMILES string of the molecule is O=C(O)c1c(O)cc2c(O)cccc2c1O. The van der Waals surface area contributed by atoms with Crippen LogP contribution in [0.2, 0.25) is 0 Å². The average molecular weight is 220 g/mol. The summed E-state index contributed by atoms with van der Waals surface area (Å²) in [5.41, 5.74) is -0.571. The third kappa shape index (κ3) is 1.30. The zero-order chi connectivity index (χ0) is 11.9. The highest BCUT2D eigenvalue weighted by molar-refractivity contribution is 6.04. The monoisotopic (exact) mass is 220 g/mol. The van der Waals surface area contributed by atoms with Crippen LogP contribution >= 0.6 is 0 Å². The number of carboxylic acid groups (broad SMARTS) is 1. The molecule has 5 nitrogen and oxygen atoms in total. The minimum absolute atomic E-state index is 0.139. The highest BCUT2D eigenvalue weighted by Crippen LogP contribution is 2.38. The van der Waals surface area contributed by atoms with Crippen molar-refractivity contribution in [3.8, 4) is 17.2 Å². The molecule has 0 fully saturated rings. The molecule has 2 aromatic rings. The fraction of sp³-hybridized carbons (Fsp3) is 0. The number of carboxylic acids is 1. The van der Waals surface area contributed by atoms with Gasteiger partial charge in [-0.15, -0.1) is 0 Å². The Bertz CT molecular complexity index is 588. The Balaban J connectivity index is 2.94.